The first kappa shape index (κ1) is 22.2. The minimum Gasteiger partial charge on any atom is -0.544 e. The van der Waals surface area contributed by atoms with Crippen molar-refractivity contribution in [1.29, 1.82) is 0 Å². The summed E-state index contributed by atoms with van der Waals surface area (Å²) in [6, 6.07) is 8.32. The normalized spacial score (nSPS) is 12.0. The fourth-order valence-corrected chi connectivity index (χ4v) is 4.82. The molecule has 4 N–H and O–H groups in total. The largest absolute Gasteiger partial charge is 0.544 e. The van der Waals surface area contributed by atoms with Crippen LogP contribution in [0.2, 0.25) is 0 Å². The lowest BCUT2D eigenvalue weighted by molar-refractivity contribution is -0.437. The molecule has 0 radical (unpaired) electrons. The lowest BCUT2D eigenvalue weighted by atomic mass is 10.1. The molecule has 0 aromatic heterocycles. The third-order valence-electron chi connectivity index (χ3n) is 4.19. The number of aromatic hydroxyl groups is 1. The van der Waals surface area contributed by atoms with Gasteiger partial charge >= 0.3 is 0 Å². The van der Waals surface area contributed by atoms with E-state index in [0.717, 1.165) is 49.7 Å². The van der Waals surface area contributed by atoms with Crippen LogP contribution in [-0.4, -0.2) is 17.1 Å². The summed E-state index contributed by atoms with van der Waals surface area (Å²) >= 11 is 4.37. The summed E-state index contributed by atoms with van der Waals surface area (Å²) in [7, 11) is 0. The molecule has 0 aliphatic rings. The molecule has 1 unspecified atom stereocenters. The molecule has 0 fully saturated rings. The highest BCUT2D eigenvalue weighted by molar-refractivity contribution is 14.1. The van der Waals surface area contributed by atoms with Gasteiger partial charge in [-0.3, -0.25) is 0 Å². The lowest BCUT2D eigenvalue weighted by Crippen LogP contribution is -2.69. The zero-order chi connectivity index (χ0) is 20.0. The van der Waals surface area contributed by atoms with Crippen LogP contribution in [0.5, 0.6) is 17.2 Å². The van der Waals surface area contributed by atoms with Crippen molar-refractivity contribution in [2.75, 3.05) is 0 Å². The first-order chi connectivity index (χ1) is 12.8. The van der Waals surface area contributed by atoms with Gasteiger partial charge in [0.25, 0.3) is 0 Å². The molecule has 0 saturated carbocycles. The Bertz CT molecular complexity index is 788. The molecule has 0 aliphatic carbocycles. The van der Waals surface area contributed by atoms with E-state index in [1.807, 2.05) is 18.2 Å². The fourth-order valence-electron chi connectivity index (χ4n) is 2.70. The van der Waals surface area contributed by atoms with Crippen molar-refractivity contribution in [1.82, 2.24) is 0 Å². The fraction of sp³-hybridized carbons (Fsp3) is 0.350. The molecule has 0 spiro atoms. The Morgan fingerprint density at radius 1 is 1.22 bits per heavy atom. The van der Waals surface area contributed by atoms with Crippen molar-refractivity contribution in [3.63, 3.8) is 0 Å². The van der Waals surface area contributed by atoms with Gasteiger partial charge in [-0.15, -0.1) is 0 Å². The van der Waals surface area contributed by atoms with Gasteiger partial charge in [-0.2, -0.15) is 0 Å². The molecule has 5 nitrogen and oxygen atoms in total. The number of phenols is 1. The third kappa shape index (κ3) is 6.49. The molecule has 0 aliphatic heterocycles. The van der Waals surface area contributed by atoms with Crippen molar-refractivity contribution in [2.45, 2.75) is 45.1 Å². The summed E-state index contributed by atoms with van der Waals surface area (Å²) in [6.07, 6.45) is 4.42. The number of halogens is 2. The molecule has 0 heterocycles. The van der Waals surface area contributed by atoms with Gasteiger partial charge in [0.15, 0.2) is 5.75 Å². The number of aryl methyl sites for hydroxylation is 1. The van der Waals surface area contributed by atoms with E-state index in [-0.39, 0.29) is 0 Å². The van der Waals surface area contributed by atoms with Gasteiger partial charge in [-0.1, -0.05) is 19.8 Å². The van der Waals surface area contributed by atoms with Crippen LogP contribution >= 0.6 is 45.2 Å². The highest BCUT2D eigenvalue weighted by Gasteiger charge is 2.15. The summed E-state index contributed by atoms with van der Waals surface area (Å²) in [5.74, 6) is 0.536. The Balaban J connectivity index is 2.19. The number of carbonyl (C=O) groups excluding carboxylic acids is 1. The van der Waals surface area contributed by atoms with Crippen molar-refractivity contribution in [3.8, 4) is 17.2 Å². The Labute approximate surface area is 186 Å². The zero-order valence-corrected chi connectivity index (χ0v) is 19.4. The Morgan fingerprint density at radius 2 is 1.89 bits per heavy atom. The van der Waals surface area contributed by atoms with Gasteiger partial charge in [0.2, 0.25) is 0 Å². The predicted molar refractivity (Wildman–Crippen MR) is 119 cm³/mol. The summed E-state index contributed by atoms with van der Waals surface area (Å²) in [5.41, 5.74) is 5.38. The number of hydrogen-bond acceptors (Lipinski definition) is 4. The number of hydrogen-bond donors (Lipinski definition) is 2. The van der Waals surface area contributed by atoms with Gasteiger partial charge in [0, 0.05) is 6.42 Å². The van der Waals surface area contributed by atoms with Crippen molar-refractivity contribution in [3.05, 3.63) is 48.6 Å². The molecule has 2 rings (SSSR count). The van der Waals surface area contributed by atoms with Crippen molar-refractivity contribution in [2.24, 2.45) is 0 Å². The maximum atomic E-state index is 10.9. The smallest absolute Gasteiger partial charge is 0.154 e. The van der Waals surface area contributed by atoms with Gasteiger partial charge in [-0.05, 0) is 99.5 Å². The maximum Gasteiger partial charge on any atom is 0.154 e. The second-order valence-corrected chi connectivity index (χ2v) is 8.78. The first-order valence-corrected chi connectivity index (χ1v) is 11.0. The number of rotatable bonds is 9. The number of carboxylic acid groups (broad SMARTS) is 1. The van der Waals surface area contributed by atoms with E-state index in [9.17, 15) is 15.0 Å². The molecule has 7 heteroatoms. The first-order valence-electron chi connectivity index (χ1n) is 8.83. The summed E-state index contributed by atoms with van der Waals surface area (Å²) < 4.78 is 7.86. The number of unbranched alkanes of at least 4 members (excludes halogenated alkanes) is 2. The highest BCUT2D eigenvalue weighted by Crippen LogP contribution is 2.35. The number of phenolic OH excluding ortho intramolecular Hbond substituents is 1. The minimum absolute atomic E-state index is 0.293. The maximum absolute atomic E-state index is 10.9. The third-order valence-corrected chi connectivity index (χ3v) is 5.80. The Morgan fingerprint density at radius 3 is 2.48 bits per heavy atom. The van der Waals surface area contributed by atoms with E-state index in [1.54, 1.807) is 12.1 Å². The van der Waals surface area contributed by atoms with E-state index in [1.165, 1.54) is 0 Å². The molecular weight excluding hydrogens is 572 g/mol. The Hall–Kier alpha value is -1.07. The predicted octanol–water partition coefficient (Wildman–Crippen LogP) is 3.03. The van der Waals surface area contributed by atoms with Gasteiger partial charge in [0.05, 0.1) is 13.1 Å². The zero-order valence-electron chi connectivity index (χ0n) is 15.1. The van der Waals surface area contributed by atoms with Crippen LogP contribution < -0.4 is 15.6 Å². The highest BCUT2D eigenvalue weighted by atomic mass is 127. The Kier molecular flexibility index (Phi) is 8.62. The second-order valence-electron chi connectivity index (χ2n) is 6.46. The van der Waals surface area contributed by atoms with Crippen LogP contribution in [0.1, 0.15) is 37.3 Å². The minimum atomic E-state index is -1.15. The van der Waals surface area contributed by atoms with E-state index in [0.29, 0.717) is 17.9 Å². The van der Waals surface area contributed by atoms with E-state index in [2.05, 4.69) is 57.8 Å². The van der Waals surface area contributed by atoms with Gasteiger partial charge in [-0.25, -0.2) is 0 Å². The summed E-state index contributed by atoms with van der Waals surface area (Å²) in [4.78, 5) is 10.9. The summed E-state index contributed by atoms with van der Waals surface area (Å²) in [5, 5.41) is 21.0. The molecule has 2 aromatic carbocycles. The van der Waals surface area contributed by atoms with E-state index < -0.39 is 12.0 Å². The topological polar surface area (TPSA) is 97.2 Å². The van der Waals surface area contributed by atoms with Crippen molar-refractivity contribution < 1.29 is 25.5 Å². The second kappa shape index (κ2) is 10.5. The number of quaternary nitrogens is 1. The molecule has 0 amide bonds. The van der Waals surface area contributed by atoms with Crippen molar-refractivity contribution >= 4 is 51.2 Å². The number of benzene rings is 2. The van der Waals surface area contributed by atoms with E-state index in [4.69, 9.17) is 4.74 Å². The molecule has 0 saturated heterocycles. The molecule has 146 valence electrons. The van der Waals surface area contributed by atoms with Gasteiger partial charge < -0.3 is 25.5 Å². The SMILES string of the molecule is CCCCCc1cc(Oc2c(I)cc(CC([NH3+])C(=O)[O-])cc2I)ccc1O. The summed E-state index contributed by atoms with van der Waals surface area (Å²) in [6.45, 7) is 2.15. The molecule has 2 aromatic rings. The number of carbonyl (C=O) groups is 1. The van der Waals surface area contributed by atoms with Crippen LogP contribution in [0, 0.1) is 7.14 Å². The van der Waals surface area contributed by atoms with Crippen LogP contribution in [0.15, 0.2) is 30.3 Å². The lowest BCUT2D eigenvalue weighted by Gasteiger charge is -2.15. The van der Waals surface area contributed by atoms with Gasteiger partial charge in [0.1, 0.15) is 17.5 Å². The van der Waals surface area contributed by atoms with Crippen LogP contribution in [0.4, 0.5) is 0 Å². The van der Waals surface area contributed by atoms with Crippen LogP contribution in [0.3, 0.4) is 0 Å². The molecule has 1 atom stereocenters. The average molecular weight is 595 g/mol. The standard InChI is InChI=1S/C20H23I2NO4/c1-2-3-4-5-13-11-14(6-7-18(13)24)27-19-15(21)8-12(9-16(19)22)10-17(23)20(25)26/h6-9,11,17,24H,2-5,10,23H2,1H3,(H,25,26). The molecular formula is C20H23I2NO4. The number of ether oxygens (including phenoxy) is 1. The average Bonchev–Trinajstić information content (AvgIpc) is 2.60. The van der Waals surface area contributed by atoms with Crippen LogP contribution in [-0.2, 0) is 17.6 Å². The van der Waals surface area contributed by atoms with E-state index >= 15 is 0 Å². The monoisotopic (exact) mass is 595 g/mol. The number of carboxylic acids is 1. The van der Waals surface area contributed by atoms with Crippen LogP contribution in [0.25, 0.3) is 0 Å². The molecule has 27 heavy (non-hydrogen) atoms. The number of aliphatic carboxylic acids is 1. The quantitative estimate of drug-likeness (QED) is 0.345. The molecule has 0 bridgehead atoms.